The summed E-state index contributed by atoms with van der Waals surface area (Å²) in [6, 6.07) is 14.7. The van der Waals surface area contributed by atoms with E-state index in [1.807, 2.05) is 0 Å². The number of carbonyl (C=O) groups excluding carboxylic acids is 1. The molecule has 1 amide bonds. The van der Waals surface area contributed by atoms with Crippen LogP contribution in [0.1, 0.15) is 47.5 Å². The number of ether oxygens (including phenoxy) is 1. The molecule has 2 aliphatic rings. The second-order valence-corrected chi connectivity index (χ2v) is 8.51. The van der Waals surface area contributed by atoms with Crippen molar-refractivity contribution >= 4 is 23.2 Å². The molecule has 4 rings (SSSR count). The first kappa shape index (κ1) is 20.0. The van der Waals surface area contributed by atoms with Gasteiger partial charge < -0.3 is 15.8 Å². The molecule has 2 fully saturated rings. The van der Waals surface area contributed by atoms with Gasteiger partial charge in [-0.3, -0.25) is 9.69 Å². The van der Waals surface area contributed by atoms with Crippen LogP contribution in [0.5, 0.6) is 5.75 Å². The average molecular weight is 414 g/mol. The molecule has 2 aliphatic heterocycles. The van der Waals surface area contributed by atoms with Crippen molar-refractivity contribution in [2.24, 2.45) is 0 Å². The number of halogens is 1. The molecule has 3 unspecified atom stereocenters. The van der Waals surface area contributed by atoms with E-state index >= 15 is 0 Å². The Kier molecular flexibility index (Phi) is 5.97. The van der Waals surface area contributed by atoms with Gasteiger partial charge in [-0.1, -0.05) is 41.9 Å². The Bertz CT molecular complexity index is 874. The van der Waals surface area contributed by atoms with Crippen molar-refractivity contribution < 1.29 is 9.53 Å². The summed E-state index contributed by atoms with van der Waals surface area (Å²) in [6.07, 6.45) is 4.31. The number of rotatable bonds is 4. The van der Waals surface area contributed by atoms with Gasteiger partial charge in [0.15, 0.2) is 0 Å². The lowest BCUT2D eigenvalue weighted by molar-refractivity contribution is 0.0704. The van der Waals surface area contributed by atoms with Crippen molar-refractivity contribution in [2.45, 2.75) is 43.7 Å². The van der Waals surface area contributed by atoms with Gasteiger partial charge in [-0.2, -0.15) is 0 Å². The van der Waals surface area contributed by atoms with Crippen LogP contribution in [-0.2, 0) is 0 Å². The maximum Gasteiger partial charge on any atom is 0.255 e. The Balaban J connectivity index is 1.38. The zero-order chi connectivity index (χ0) is 20.4. The molecule has 0 saturated carbocycles. The number of amides is 1. The summed E-state index contributed by atoms with van der Waals surface area (Å²) < 4.78 is 5.32. The third-order valence-electron chi connectivity index (χ3n) is 6.31. The number of nitrogens with one attached hydrogen (secondary N) is 1. The molecule has 3 atom stereocenters. The molecule has 2 aromatic carbocycles. The number of anilines is 1. The van der Waals surface area contributed by atoms with Gasteiger partial charge in [-0.05, 0) is 43.2 Å². The standard InChI is InChI=1S/C23H28ClN3O2/c1-29-22-13-21(25)20(24)12-19(22)23(28)26-17-9-10-27-14-16(7-8-18(27)11-17)15-5-3-2-4-6-15/h2-6,12-13,16-18H,7-11,14,25H2,1H3,(H,26,28). The lowest BCUT2D eigenvalue weighted by atomic mass is 9.82. The largest absolute Gasteiger partial charge is 0.496 e. The zero-order valence-electron chi connectivity index (χ0n) is 16.7. The molecule has 0 aromatic heterocycles. The van der Waals surface area contributed by atoms with Gasteiger partial charge in [0, 0.05) is 31.2 Å². The van der Waals surface area contributed by atoms with Gasteiger partial charge in [0.05, 0.1) is 23.4 Å². The first-order chi connectivity index (χ1) is 14.0. The van der Waals surface area contributed by atoms with Crippen LogP contribution < -0.4 is 15.8 Å². The van der Waals surface area contributed by atoms with E-state index in [1.54, 1.807) is 12.1 Å². The zero-order valence-corrected chi connectivity index (χ0v) is 17.5. The van der Waals surface area contributed by atoms with Crippen molar-refractivity contribution in [1.82, 2.24) is 10.2 Å². The predicted molar refractivity (Wildman–Crippen MR) is 117 cm³/mol. The summed E-state index contributed by atoms with van der Waals surface area (Å²) in [6.45, 7) is 2.12. The summed E-state index contributed by atoms with van der Waals surface area (Å²) >= 11 is 6.12. The topological polar surface area (TPSA) is 67.6 Å². The van der Waals surface area contributed by atoms with Gasteiger partial charge in [0.1, 0.15) is 5.75 Å². The van der Waals surface area contributed by atoms with Crippen LogP contribution in [0.4, 0.5) is 5.69 Å². The molecule has 0 bridgehead atoms. The highest BCUT2D eigenvalue weighted by atomic mass is 35.5. The van der Waals surface area contributed by atoms with Gasteiger partial charge in [0.25, 0.3) is 5.91 Å². The van der Waals surface area contributed by atoms with E-state index in [-0.39, 0.29) is 11.9 Å². The number of piperidine rings is 2. The Morgan fingerprint density at radius 3 is 2.76 bits per heavy atom. The highest BCUT2D eigenvalue weighted by molar-refractivity contribution is 6.33. The molecule has 5 nitrogen and oxygen atoms in total. The lowest BCUT2D eigenvalue weighted by Crippen LogP contribution is -2.52. The molecule has 0 radical (unpaired) electrons. The normalized spacial score (nSPS) is 24.6. The molecular formula is C23H28ClN3O2. The molecule has 6 heteroatoms. The molecular weight excluding hydrogens is 386 g/mol. The Morgan fingerprint density at radius 1 is 1.21 bits per heavy atom. The van der Waals surface area contributed by atoms with Crippen LogP contribution in [0.25, 0.3) is 0 Å². The van der Waals surface area contributed by atoms with Crippen LogP contribution in [0, 0.1) is 0 Å². The molecule has 3 N–H and O–H groups in total. The minimum Gasteiger partial charge on any atom is -0.496 e. The number of nitrogens with two attached hydrogens (primary N) is 1. The van der Waals surface area contributed by atoms with E-state index in [0.717, 1.165) is 25.9 Å². The second-order valence-electron chi connectivity index (χ2n) is 8.10. The number of benzene rings is 2. The smallest absolute Gasteiger partial charge is 0.255 e. The van der Waals surface area contributed by atoms with Gasteiger partial charge in [0.2, 0.25) is 0 Å². The fourth-order valence-electron chi connectivity index (χ4n) is 4.72. The number of nitrogen functional groups attached to an aromatic ring is 1. The van der Waals surface area contributed by atoms with Crippen molar-refractivity contribution in [2.75, 3.05) is 25.9 Å². The highest BCUT2D eigenvalue weighted by Gasteiger charge is 2.34. The van der Waals surface area contributed by atoms with Crippen molar-refractivity contribution in [1.29, 1.82) is 0 Å². The summed E-state index contributed by atoms with van der Waals surface area (Å²) in [4.78, 5) is 15.5. The summed E-state index contributed by atoms with van der Waals surface area (Å²) in [5.74, 6) is 0.908. The van der Waals surface area contributed by atoms with E-state index in [4.69, 9.17) is 22.1 Å². The van der Waals surface area contributed by atoms with Crippen molar-refractivity contribution in [3.8, 4) is 5.75 Å². The fourth-order valence-corrected chi connectivity index (χ4v) is 4.88. The van der Waals surface area contributed by atoms with E-state index in [1.165, 1.54) is 25.5 Å². The third-order valence-corrected chi connectivity index (χ3v) is 6.64. The highest BCUT2D eigenvalue weighted by Crippen LogP contribution is 2.34. The SMILES string of the molecule is COc1cc(N)c(Cl)cc1C(=O)NC1CCN2CC(c3ccccc3)CCC2C1. The van der Waals surface area contributed by atoms with Crippen LogP contribution in [-0.4, -0.2) is 43.1 Å². The van der Waals surface area contributed by atoms with Gasteiger partial charge in [-0.25, -0.2) is 0 Å². The monoisotopic (exact) mass is 413 g/mol. The van der Waals surface area contributed by atoms with Gasteiger partial charge in [-0.15, -0.1) is 0 Å². The maximum atomic E-state index is 12.8. The van der Waals surface area contributed by atoms with Crippen LogP contribution in [0.15, 0.2) is 42.5 Å². The Morgan fingerprint density at radius 2 is 2.00 bits per heavy atom. The van der Waals surface area contributed by atoms with Crippen molar-refractivity contribution in [3.05, 3.63) is 58.6 Å². The van der Waals surface area contributed by atoms with E-state index in [2.05, 4.69) is 40.5 Å². The number of hydrogen-bond donors (Lipinski definition) is 2. The van der Waals surface area contributed by atoms with Crippen LogP contribution in [0.2, 0.25) is 5.02 Å². The molecule has 2 aromatic rings. The molecule has 2 heterocycles. The predicted octanol–water partition coefficient (Wildman–Crippen LogP) is 4.07. The lowest BCUT2D eigenvalue weighted by Gasteiger charge is -2.45. The molecule has 0 aliphatic carbocycles. The Hall–Kier alpha value is -2.24. The minimum absolute atomic E-state index is 0.153. The van der Waals surface area contributed by atoms with E-state index in [0.29, 0.717) is 34.0 Å². The van der Waals surface area contributed by atoms with Crippen molar-refractivity contribution in [3.63, 3.8) is 0 Å². The van der Waals surface area contributed by atoms with Crippen LogP contribution >= 0.6 is 11.6 Å². The maximum absolute atomic E-state index is 12.8. The number of hydrogen-bond acceptors (Lipinski definition) is 4. The third kappa shape index (κ3) is 4.36. The summed E-state index contributed by atoms with van der Waals surface area (Å²) in [5, 5.41) is 3.55. The molecule has 0 spiro atoms. The first-order valence-corrected chi connectivity index (χ1v) is 10.7. The number of fused-ring (bicyclic) bond motifs is 1. The quantitative estimate of drug-likeness (QED) is 0.741. The first-order valence-electron chi connectivity index (χ1n) is 10.3. The Labute approximate surface area is 177 Å². The fraction of sp³-hybridized carbons (Fsp3) is 0.435. The summed E-state index contributed by atoms with van der Waals surface area (Å²) in [7, 11) is 1.53. The van der Waals surface area contributed by atoms with Gasteiger partial charge >= 0.3 is 0 Å². The van der Waals surface area contributed by atoms with Crippen LogP contribution in [0.3, 0.4) is 0 Å². The second kappa shape index (κ2) is 8.64. The van der Waals surface area contributed by atoms with E-state index in [9.17, 15) is 4.79 Å². The number of methoxy groups -OCH3 is 1. The molecule has 2 saturated heterocycles. The molecule has 154 valence electrons. The summed E-state index contributed by atoms with van der Waals surface area (Å²) in [5.41, 5.74) is 8.10. The number of carbonyl (C=O) groups is 1. The number of nitrogens with zero attached hydrogens (tertiary/aromatic N) is 1. The minimum atomic E-state index is -0.153. The molecule has 29 heavy (non-hydrogen) atoms. The average Bonchev–Trinajstić information content (AvgIpc) is 2.75. The van der Waals surface area contributed by atoms with E-state index < -0.39 is 0 Å².